The highest BCUT2D eigenvalue weighted by Gasteiger charge is 2.38. The molecule has 0 saturated carbocycles. The Labute approximate surface area is 270 Å². The van der Waals surface area contributed by atoms with Crippen LogP contribution in [0.1, 0.15) is 76.9 Å². The maximum atomic E-state index is 13.4. The van der Waals surface area contributed by atoms with Crippen molar-refractivity contribution in [2.24, 2.45) is 23.9 Å². The van der Waals surface area contributed by atoms with E-state index in [9.17, 15) is 18.0 Å². The van der Waals surface area contributed by atoms with E-state index in [2.05, 4.69) is 51.0 Å². The minimum Gasteiger partial charge on any atom is -0.307 e. The Balaban J connectivity index is 1.10. The Kier molecular flexibility index (Phi) is 8.11. The lowest BCUT2D eigenvalue weighted by atomic mass is 9.87. The number of rotatable bonds is 9. The van der Waals surface area contributed by atoms with Crippen LogP contribution in [-0.4, -0.2) is 48.3 Å². The van der Waals surface area contributed by atoms with Crippen molar-refractivity contribution in [2.45, 2.75) is 89.6 Å². The number of urea groups is 1. The van der Waals surface area contributed by atoms with E-state index in [1.165, 1.54) is 39.4 Å². The Hall–Kier alpha value is -3.79. The number of benzene rings is 2. The lowest BCUT2D eigenvalue weighted by Gasteiger charge is -2.18. The van der Waals surface area contributed by atoms with Crippen LogP contribution < -0.4 is 10.0 Å². The third-order valence-corrected chi connectivity index (χ3v) is 12.1. The molecule has 1 aromatic heterocycles. The number of hydrogen-bond donors (Lipinski definition) is 2. The number of nitrogens with zero attached hydrogens (tertiary/aromatic N) is 4. The number of carbonyl (C=O) groups is 1. The number of aromatic nitrogens is 2. The van der Waals surface area contributed by atoms with E-state index in [1.54, 1.807) is 11.7 Å². The van der Waals surface area contributed by atoms with Crippen LogP contribution in [0.3, 0.4) is 0 Å². The molecule has 0 saturated heterocycles. The van der Waals surface area contributed by atoms with Gasteiger partial charge < -0.3 is 5.32 Å². The zero-order valence-electron chi connectivity index (χ0n) is 26.9. The Morgan fingerprint density at radius 1 is 0.913 bits per heavy atom. The van der Waals surface area contributed by atoms with E-state index in [1.807, 2.05) is 6.08 Å². The number of amides is 2. The highest BCUT2D eigenvalue weighted by atomic mass is 32.2. The van der Waals surface area contributed by atoms with Crippen LogP contribution in [0.25, 0.3) is 0 Å². The van der Waals surface area contributed by atoms with Crippen molar-refractivity contribution < 1.29 is 18.0 Å². The molecule has 2 atom stereocenters. The van der Waals surface area contributed by atoms with Crippen molar-refractivity contribution in [1.82, 2.24) is 19.4 Å². The van der Waals surface area contributed by atoms with E-state index >= 15 is 0 Å². The van der Waals surface area contributed by atoms with Gasteiger partial charge in [-0.25, -0.2) is 14.3 Å². The summed E-state index contributed by atoms with van der Waals surface area (Å²) >= 11 is 0. The normalized spacial score (nSPS) is 19.5. The van der Waals surface area contributed by atoms with Crippen LogP contribution in [-0.2, 0) is 79.8 Å². The Morgan fingerprint density at radius 3 is 2.22 bits per heavy atom. The van der Waals surface area contributed by atoms with Crippen molar-refractivity contribution in [3.05, 3.63) is 68.4 Å². The smallest absolute Gasteiger partial charge is 0.307 e. The standard InChI is InChI=1S/C35H42N6O4S/c1-4-41(5-2)19-27-18-32(38-40(27)3)46(44,45)39-35(43)37-34-29-11-7-9-22(29)13-26-15-24(17-31(26)34)23-14-25-12-21-8-6-10-28(21)33(36-20-42)30(25)16-23/h12-13,18,23-24H,4-11,14-17,19H2,1-3H3,(H2,37,39,43). The lowest BCUT2D eigenvalue weighted by molar-refractivity contribution is 0.256. The average Bonchev–Trinajstić information content (AvgIpc) is 3.85. The summed E-state index contributed by atoms with van der Waals surface area (Å²) in [6, 6.07) is 5.45. The van der Waals surface area contributed by atoms with Gasteiger partial charge in [0, 0.05) is 25.3 Å². The van der Waals surface area contributed by atoms with Crippen LogP contribution in [0.15, 0.2) is 28.2 Å². The van der Waals surface area contributed by atoms with Gasteiger partial charge in [-0.05, 0) is 134 Å². The fourth-order valence-electron chi connectivity index (χ4n) is 8.48. The van der Waals surface area contributed by atoms with Crippen molar-refractivity contribution >= 4 is 33.5 Å². The van der Waals surface area contributed by atoms with E-state index in [0.717, 1.165) is 105 Å². The van der Waals surface area contributed by atoms with E-state index in [-0.39, 0.29) is 5.03 Å². The molecule has 11 heteroatoms. The van der Waals surface area contributed by atoms with E-state index in [0.29, 0.717) is 18.4 Å². The molecule has 4 aliphatic carbocycles. The first-order valence-electron chi connectivity index (χ1n) is 16.7. The molecule has 4 aliphatic rings. The summed E-state index contributed by atoms with van der Waals surface area (Å²) in [5.41, 5.74) is 12.2. The molecular formula is C35H42N6O4S. The Bertz CT molecular complexity index is 1890. The number of carbonyl (C=O) groups excluding carboxylic acids is 2. The molecule has 46 heavy (non-hydrogen) atoms. The zero-order valence-corrected chi connectivity index (χ0v) is 27.7. The maximum absolute atomic E-state index is 13.4. The summed E-state index contributed by atoms with van der Waals surface area (Å²) in [5.74, 6) is 0.801. The molecule has 1 heterocycles. The van der Waals surface area contributed by atoms with Crippen LogP contribution in [0, 0.1) is 11.8 Å². The van der Waals surface area contributed by atoms with Crippen molar-refractivity contribution in [2.75, 3.05) is 18.4 Å². The highest BCUT2D eigenvalue weighted by Crippen LogP contribution is 2.48. The number of hydrogen-bond acceptors (Lipinski definition) is 7. The lowest BCUT2D eigenvalue weighted by Crippen LogP contribution is -2.35. The summed E-state index contributed by atoms with van der Waals surface area (Å²) < 4.78 is 30.4. The molecule has 0 spiro atoms. The fraction of sp³-hybridized carbons (Fsp3) is 0.514. The monoisotopic (exact) mass is 642 g/mol. The summed E-state index contributed by atoms with van der Waals surface area (Å²) in [6.07, 6.45) is 11.4. The van der Waals surface area contributed by atoms with Gasteiger partial charge in [-0.1, -0.05) is 26.0 Å². The minimum atomic E-state index is -4.18. The van der Waals surface area contributed by atoms with Crippen LogP contribution in [0.4, 0.5) is 16.2 Å². The van der Waals surface area contributed by atoms with Gasteiger partial charge in [-0.3, -0.25) is 9.58 Å². The summed E-state index contributed by atoms with van der Waals surface area (Å²) in [5, 5.41) is 7.05. The topological polar surface area (TPSA) is 126 Å². The van der Waals surface area contributed by atoms with Crippen molar-refractivity contribution in [1.29, 1.82) is 0 Å². The molecule has 2 aromatic carbocycles. The summed E-state index contributed by atoms with van der Waals surface area (Å²) in [4.78, 5) is 31.1. The molecule has 0 radical (unpaired) electrons. The highest BCUT2D eigenvalue weighted by molar-refractivity contribution is 7.90. The predicted molar refractivity (Wildman–Crippen MR) is 176 cm³/mol. The summed E-state index contributed by atoms with van der Waals surface area (Å²) in [6.45, 7) is 6.36. The molecule has 2 N–H and O–H groups in total. The molecule has 7 rings (SSSR count). The maximum Gasteiger partial charge on any atom is 0.333 e. The van der Waals surface area contributed by atoms with Crippen LogP contribution in [0.5, 0.6) is 0 Å². The van der Waals surface area contributed by atoms with Gasteiger partial charge in [0.05, 0.1) is 11.4 Å². The fourth-order valence-corrected chi connectivity index (χ4v) is 9.40. The third-order valence-electron chi connectivity index (χ3n) is 10.9. The minimum absolute atomic E-state index is 0.166. The average molecular weight is 643 g/mol. The number of isocyanates is 1. The van der Waals surface area contributed by atoms with Crippen LogP contribution >= 0.6 is 0 Å². The molecule has 10 nitrogen and oxygen atoms in total. The molecular weight excluding hydrogens is 600 g/mol. The number of anilines is 1. The van der Waals surface area contributed by atoms with Gasteiger partial charge in [0.15, 0.2) is 5.03 Å². The molecule has 2 unspecified atom stereocenters. The quantitative estimate of drug-likeness (QED) is 0.254. The van der Waals surface area contributed by atoms with E-state index in [4.69, 9.17) is 0 Å². The first-order valence-corrected chi connectivity index (χ1v) is 18.2. The number of fused-ring (bicyclic) bond motifs is 4. The number of aliphatic imine (C=N–C) groups is 1. The molecule has 2 amide bonds. The van der Waals surface area contributed by atoms with Crippen molar-refractivity contribution in [3.63, 3.8) is 0 Å². The van der Waals surface area contributed by atoms with Gasteiger partial charge in [-0.15, -0.1) is 0 Å². The first kappa shape index (κ1) is 30.8. The third kappa shape index (κ3) is 5.48. The Morgan fingerprint density at radius 2 is 1.54 bits per heavy atom. The zero-order chi connectivity index (χ0) is 32.2. The first-order chi connectivity index (χ1) is 22.2. The number of aryl methyl sites for hydroxylation is 3. The number of nitrogens with one attached hydrogen (secondary N) is 2. The van der Waals surface area contributed by atoms with Crippen LogP contribution in [0.2, 0.25) is 0 Å². The largest absolute Gasteiger partial charge is 0.333 e. The molecule has 0 bridgehead atoms. The molecule has 0 fully saturated rings. The second-order valence-electron chi connectivity index (χ2n) is 13.4. The second-order valence-corrected chi connectivity index (χ2v) is 15.0. The SMILES string of the molecule is CCN(CC)Cc1cc(S(=O)(=O)NC(=O)Nc2c3c(cc4c2CC(C2Cc5cc6c(c(N=C=O)c5C2)CCC6)C4)CCC3)nn1C. The van der Waals surface area contributed by atoms with Gasteiger partial charge in [0.1, 0.15) is 0 Å². The second kappa shape index (κ2) is 12.1. The van der Waals surface area contributed by atoms with Gasteiger partial charge in [0.2, 0.25) is 6.08 Å². The number of sulfonamides is 1. The van der Waals surface area contributed by atoms with Gasteiger partial charge >= 0.3 is 6.03 Å². The molecule has 242 valence electrons. The van der Waals surface area contributed by atoms with Gasteiger partial charge in [0.25, 0.3) is 10.0 Å². The molecule has 0 aliphatic heterocycles. The molecule has 3 aromatic rings. The predicted octanol–water partition coefficient (Wildman–Crippen LogP) is 4.85. The van der Waals surface area contributed by atoms with E-state index < -0.39 is 16.1 Å². The summed E-state index contributed by atoms with van der Waals surface area (Å²) in [7, 11) is -2.46. The van der Waals surface area contributed by atoms with Gasteiger partial charge in [-0.2, -0.15) is 18.5 Å². The van der Waals surface area contributed by atoms with Crippen molar-refractivity contribution in [3.8, 4) is 0 Å².